The first-order valence-electron chi connectivity index (χ1n) is 8.82. The molecular formula is C19H25NO3S. The van der Waals surface area contributed by atoms with Crippen LogP contribution in [0.25, 0.3) is 0 Å². The summed E-state index contributed by atoms with van der Waals surface area (Å²) in [5.41, 5.74) is 2.08. The highest BCUT2D eigenvalue weighted by atomic mass is 32.2. The molecule has 1 aromatic carbocycles. The molecule has 24 heavy (non-hydrogen) atoms. The van der Waals surface area contributed by atoms with Gasteiger partial charge < -0.3 is 4.74 Å². The van der Waals surface area contributed by atoms with Gasteiger partial charge in [-0.1, -0.05) is 24.3 Å². The van der Waals surface area contributed by atoms with Crippen molar-refractivity contribution in [2.45, 2.75) is 50.2 Å². The van der Waals surface area contributed by atoms with E-state index in [-0.39, 0.29) is 16.4 Å². The maximum absolute atomic E-state index is 12.7. The van der Waals surface area contributed by atoms with E-state index in [1.54, 1.807) is 0 Å². The number of aryl methyl sites for hydroxylation is 1. The molecule has 1 aliphatic heterocycles. The summed E-state index contributed by atoms with van der Waals surface area (Å²) in [5.74, 6) is 0.199. The summed E-state index contributed by atoms with van der Waals surface area (Å²) in [4.78, 5) is 0. The molecule has 1 aromatic rings. The summed E-state index contributed by atoms with van der Waals surface area (Å²) in [6, 6.07) is 10.6. The standard InChI is InChI=1S/C19H25NO3S/c20-15-19(9-11-23-12-10-19)8-3-13-24(21,22)18-7-6-16-4-1-2-5-17(16)14-18/h1-2,4-5,18H,3,6-14H2. The fraction of sp³-hybridized carbons (Fsp3) is 0.632. The second kappa shape index (κ2) is 7.25. The maximum Gasteiger partial charge on any atom is 0.153 e. The van der Waals surface area contributed by atoms with E-state index in [9.17, 15) is 13.7 Å². The van der Waals surface area contributed by atoms with Crippen molar-refractivity contribution in [3.05, 3.63) is 35.4 Å². The van der Waals surface area contributed by atoms with E-state index in [4.69, 9.17) is 4.74 Å². The molecule has 4 nitrogen and oxygen atoms in total. The van der Waals surface area contributed by atoms with Gasteiger partial charge in [0.25, 0.3) is 0 Å². The fourth-order valence-electron chi connectivity index (χ4n) is 3.93. The molecule has 1 saturated heterocycles. The molecule has 1 aliphatic carbocycles. The van der Waals surface area contributed by atoms with Gasteiger partial charge in [0.2, 0.25) is 0 Å². The van der Waals surface area contributed by atoms with Crippen molar-refractivity contribution in [1.29, 1.82) is 5.26 Å². The molecular weight excluding hydrogens is 322 g/mol. The summed E-state index contributed by atoms with van der Waals surface area (Å²) in [6.07, 6.45) is 4.88. The zero-order valence-electron chi connectivity index (χ0n) is 14.0. The van der Waals surface area contributed by atoms with Crippen LogP contribution in [0, 0.1) is 16.7 Å². The predicted molar refractivity (Wildman–Crippen MR) is 93.4 cm³/mol. The van der Waals surface area contributed by atoms with Gasteiger partial charge in [-0.15, -0.1) is 0 Å². The van der Waals surface area contributed by atoms with Gasteiger partial charge in [-0.2, -0.15) is 5.26 Å². The molecule has 0 aromatic heterocycles. The van der Waals surface area contributed by atoms with Gasteiger partial charge in [-0.25, -0.2) is 8.42 Å². The number of fused-ring (bicyclic) bond motifs is 1. The van der Waals surface area contributed by atoms with E-state index in [0.717, 1.165) is 25.7 Å². The van der Waals surface area contributed by atoms with Gasteiger partial charge in [0.05, 0.1) is 22.5 Å². The summed E-state index contributed by atoms with van der Waals surface area (Å²) >= 11 is 0. The van der Waals surface area contributed by atoms with Crippen molar-refractivity contribution in [1.82, 2.24) is 0 Å². The summed E-state index contributed by atoms with van der Waals surface area (Å²) in [6.45, 7) is 1.22. The molecule has 1 atom stereocenters. The maximum atomic E-state index is 12.7. The minimum absolute atomic E-state index is 0.199. The van der Waals surface area contributed by atoms with Crippen LogP contribution in [0.4, 0.5) is 0 Å². The highest BCUT2D eigenvalue weighted by Crippen LogP contribution is 2.35. The van der Waals surface area contributed by atoms with Crippen LogP contribution < -0.4 is 0 Å². The van der Waals surface area contributed by atoms with Crippen LogP contribution in [0.1, 0.15) is 43.2 Å². The molecule has 130 valence electrons. The second-order valence-electron chi connectivity index (χ2n) is 7.11. The number of ether oxygens (including phenoxy) is 1. The number of benzene rings is 1. The molecule has 3 rings (SSSR count). The lowest BCUT2D eigenvalue weighted by atomic mass is 9.78. The third kappa shape index (κ3) is 3.81. The number of hydrogen-bond acceptors (Lipinski definition) is 4. The Morgan fingerprint density at radius 3 is 2.62 bits per heavy atom. The quantitative estimate of drug-likeness (QED) is 0.821. The minimum atomic E-state index is -3.10. The van der Waals surface area contributed by atoms with E-state index in [1.165, 1.54) is 11.1 Å². The Morgan fingerprint density at radius 1 is 1.21 bits per heavy atom. The van der Waals surface area contributed by atoms with Crippen LogP contribution >= 0.6 is 0 Å². The predicted octanol–water partition coefficient (Wildman–Crippen LogP) is 3.06. The van der Waals surface area contributed by atoms with Gasteiger partial charge in [-0.3, -0.25) is 0 Å². The van der Waals surface area contributed by atoms with Crippen LogP contribution in [0.3, 0.4) is 0 Å². The molecule has 0 saturated carbocycles. The van der Waals surface area contributed by atoms with Crippen molar-refractivity contribution in [3.8, 4) is 6.07 Å². The molecule has 0 spiro atoms. The lowest BCUT2D eigenvalue weighted by Gasteiger charge is -2.31. The van der Waals surface area contributed by atoms with E-state index in [0.29, 0.717) is 32.5 Å². The highest BCUT2D eigenvalue weighted by molar-refractivity contribution is 7.92. The van der Waals surface area contributed by atoms with Crippen molar-refractivity contribution in [3.63, 3.8) is 0 Å². The van der Waals surface area contributed by atoms with Crippen LogP contribution in [0.2, 0.25) is 0 Å². The third-order valence-electron chi connectivity index (χ3n) is 5.58. The molecule has 1 heterocycles. The molecule has 0 N–H and O–H groups in total. The summed E-state index contributed by atoms with van der Waals surface area (Å²) < 4.78 is 30.8. The molecule has 1 unspecified atom stereocenters. The van der Waals surface area contributed by atoms with Gasteiger partial charge in [-0.05, 0) is 56.1 Å². The topological polar surface area (TPSA) is 67.2 Å². The smallest absolute Gasteiger partial charge is 0.153 e. The SMILES string of the molecule is N#CC1(CCCS(=O)(=O)C2CCc3ccccc3C2)CCOCC1. The van der Waals surface area contributed by atoms with E-state index in [2.05, 4.69) is 12.1 Å². The lowest BCUT2D eigenvalue weighted by Crippen LogP contribution is -2.32. The van der Waals surface area contributed by atoms with Crippen molar-refractivity contribution >= 4 is 9.84 Å². The Bertz CT molecular complexity index is 714. The second-order valence-corrected chi connectivity index (χ2v) is 9.51. The zero-order chi connectivity index (χ0) is 17.0. The Labute approximate surface area is 144 Å². The molecule has 2 aliphatic rings. The number of nitriles is 1. The van der Waals surface area contributed by atoms with Crippen molar-refractivity contribution < 1.29 is 13.2 Å². The normalized spacial score (nSPS) is 23.2. The van der Waals surface area contributed by atoms with Gasteiger partial charge in [0, 0.05) is 13.2 Å². The minimum Gasteiger partial charge on any atom is -0.381 e. The number of sulfone groups is 1. The summed E-state index contributed by atoms with van der Waals surface area (Å²) in [7, 11) is -3.10. The molecule has 0 radical (unpaired) electrons. The van der Waals surface area contributed by atoms with E-state index >= 15 is 0 Å². The van der Waals surface area contributed by atoms with Crippen LogP contribution in [-0.4, -0.2) is 32.6 Å². The monoisotopic (exact) mass is 347 g/mol. The van der Waals surface area contributed by atoms with Crippen LogP contribution in [-0.2, 0) is 27.4 Å². The molecule has 1 fully saturated rings. The van der Waals surface area contributed by atoms with E-state index < -0.39 is 9.84 Å². The number of rotatable bonds is 5. The highest BCUT2D eigenvalue weighted by Gasteiger charge is 2.34. The largest absolute Gasteiger partial charge is 0.381 e. The Balaban J connectivity index is 1.58. The fourth-order valence-corrected chi connectivity index (χ4v) is 5.72. The molecule has 5 heteroatoms. The van der Waals surface area contributed by atoms with Gasteiger partial charge in [0.15, 0.2) is 9.84 Å². The lowest BCUT2D eigenvalue weighted by molar-refractivity contribution is 0.0368. The zero-order valence-corrected chi connectivity index (χ0v) is 14.9. The Hall–Kier alpha value is -1.38. The van der Waals surface area contributed by atoms with Crippen molar-refractivity contribution in [2.75, 3.05) is 19.0 Å². The van der Waals surface area contributed by atoms with E-state index in [1.807, 2.05) is 18.2 Å². The first kappa shape index (κ1) is 17.4. The van der Waals surface area contributed by atoms with Crippen LogP contribution in [0.15, 0.2) is 24.3 Å². The number of nitrogens with zero attached hydrogens (tertiary/aromatic N) is 1. The average Bonchev–Trinajstić information content (AvgIpc) is 2.62. The molecule has 0 bridgehead atoms. The van der Waals surface area contributed by atoms with Gasteiger partial charge in [0.1, 0.15) is 0 Å². The Kier molecular flexibility index (Phi) is 5.27. The first-order valence-corrected chi connectivity index (χ1v) is 10.5. The van der Waals surface area contributed by atoms with Gasteiger partial charge >= 0.3 is 0 Å². The van der Waals surface area contributed by atoms with Crippen molar-refractivity contribution in [2.24, 2.45) is 5.41 Å². The number of hydrogen-bond donors (Lipinski definition) is 0. The first-order chi connectivity index (χ1) is 11.5. The average molecular weight is 347 g/mol. The Morgan fingerprint density at radius 2 is 1.92 bits per heavy atom. The summed E-state index contributed by atoms with van der Waals surface area (Å²) in [5, 5.41) is 9.21. The van der Waals surface area contributed by atoms with Crippen LogP contribution in [0.5, 0.6) is 0 Å². The third-order valence-corrected chi connectivity index (χ3v) is 7.86. The molecule has 0 amide bonds.